The highest BCUT2D eigenvalue weighted by molar-refractivity contribution is 8.55. The van der Waals surface area contributed by atoms with Crippen LogP contribution in [0.5, 0.6) is 5.75 Å². The van der Waals surface area contributed by atoms with Crippen LogP contribution in [-0.4, -0.2) is 30.5 Å². The SMILES string of the molecule is CCc1cccc2cc(C(=O)Nc3cc(C(C)CC)cc(NP(C)SC)c3OC)n(C)c12. The minimum Gasteiger partial charge on any atom is -0.492 e. The first-order valence-corrected chi connectivity index (χ1v) is 14.6. The summed E-state index contributed by atoms with van der Waals surface area (Å²) in [5.74, 6) is 0.904. The number of hydrogen-bond acceptors (Lipinski definition) is 4. The van der Waals surface area contributed by atoms with Gasteiger partial charge in [0.05, 0.1) is 24.0 Å². The molecule has 0 aliphatic carbocycles. The maximum Gasteiger partial charge on any atom is 0.272 e. The van der Waals surface area contributed by atoms with Crippen molar-refractivity contribution >= 4 is 46.8 Å². The molecule has 0 aliphatic heterocycles. The molecule has 0 aliphatic rings. The van der Waals surface area contributed by atoms with Crippen LogP contribution in [0.4, 0.5) is 11.4 Å². The molecular formula is C25H34N3O2PS. The minimum atomic E-state index is -0.444. The summed E-state index contributed by atoms with van der Waals surface area (Å²) in [4.78, 5) is 13.4. The van der Waals surface area contributed by atoms with Crippen LogP contribution in [0.2, 0.25) is 0 Å². The second-order valence-corrected chi connectivity index (χ2v) is 12.3. The molecule has 2 aromatic carbocycles. The molecule has 1 heterocycles. The van der Waals surface area contributed by atoms with E-state index in [0.29, 0.717) is 23.0 Å². The second-order valence-electron chi connectivity index (χ2n) is 8.00. The molecule has 0 saturated carbocycles. The number of nitrogens with zero attached hydrogens (tertiary/aromatic N) is 1. The van der Waals surface area contributed by atoms with Crippen LogP contribution in [0.15, 0.2) is 36.4 Å². The Labute approximate surface area is 196 Å². The fourth-order valence-electron chi connectivity index (χ4n) is 3.97. The zero-order chi connectivity index (χ0) is 23.4. The van der Waals surface area contributed by atoms with E-state index in [1.165, 1.54) is 11.1 Å². The van der Waals surface area contributed by atoms with Gasteiger partial charge in [0, 0.05) is 19.7 Å². The number of para-hydroxylation sites is 1. The number of rotatable bonds is 9. The summed E-state index contributed by atoms with van der Waals surface area (Å²) in [5.41, 5.74) is 5.78. The monoisotopic (exact) mass is 471 g/mol. The number of carbonyl (C=O) groups is 1. The molecule has 1 aromatic heterocycles. The summed E-state index contributed by atoms with van der Waals surface area (Å²) in [6.07, 6.45) is 4.04. The minimum absolute atomic E-state index is 0.139. The Bertz CT molecular complexity index is 1110. The molecule has 5 nitrogen and oxygen atoms in total. The van der Waals surface area contributed by atoms with E-state index in [0.717, 1.165) is 29.4 Å². The molecule has 2 N–H and O–H groups in total. The normalized spacial score (nSPS) is 13.1. The van der Waals surface area contributed by atoms with Gasteiger partial charge in [-0.1, -0.05) is 39.0 Å². The Morgan fingerprint density at radius 2 is 1.94 bits per heavy atom. The van der Waals surface area contributed by atoms with E-state index >= 15 is 0 Å². The van der Waals surface area contributed by atoms with Gasteiger partial charge in [-0.15, -0.1) is 11.4 Å². The van der Waals surface area contributed by atoms with Crippen molar-refractivity contribution in [1.82, 2.24) is 4.57 Å². The first-order chi connectivity index (χ1) is 15.3. The number of hydrogen-bond donors (Lipinski definition) is 2. The maximum absolute atomic E-state index is 13.4. The smallest absolute Gasteiger partial charge is 0.272 e. The third-order valence-corrected chi connectivity index (χ3v) is 9.07. The molecule has 0 saturated heterocycles. The molecule has 0 spiro atoms. The molecular weight excluding hydrogens is 437 g/mol. The summed E-state index contributed by atoms with van der Waals surface area (Å²) in [6, 6.07) is 12.4. The number of aromatic nitrogens is 1. The molecule has 2 unspecified atom stereocenters. The fraction of sp³-hybridized carbons (Fsp3) is 0.400. The predicted molar refractivity (Wildman–Crippen MR) is 142 cm³/mol. The van der Waals surface area contributed by atoms with Gasteiger partial charge in [0.25, 0.3) is 5.91 Å². The van der Waals surface area contributed by atoms with Gasteiger partial charge >= 0.3 is 0 Å². The number of nitrogens with one attached hydrogen (secondary N) is 2. The summed E-state index contributed by atoms with van der Waals surface area (Å²) < 4.78 is 7.76. The highest BCUT2D eigenvalue weighted by atomic mass is 32.7. The first kappa shape index (κ1) is 24.5. The zero-order valence-corrected chi connectivity index (χ0v) is 21.8. The molecule has 32 heavy (non-hydrogen) atoms. The van der Waals surface area contributed by atoms with Gasteiger partial charge in [0.1, 0.15) is 5.69 Å². The Morgan fingerprint density at radius 1 is 1.22 bits per heavy atom. The van der Waals surface area contributed by atoms with Crippen molar-refractivity contribution < 1.29 is 9.53 Å². The first-order valence-electron chi connectivity index (χ1n) is 11.0. The molecule has 2 atom stereocenters. The standard InChI is InChI=1S/C25H34N3O2PS/c1-8-16(3)19-13-20(24(30-5)21(14-19)27-31(6)32-7)26-25(29)22-15-18-12-10-11-17(9-2)23(18)28(22)4/h10-16,27H,8-9H2,1-7H3,(H,26,29). The van der Waals surface area contributed by atoms with E-state index in [-0.39, 0.29) is 5.91 Å². The Morgan fingerprint density at radius 3 is 2.56 bits per heavy atom. The van der Waals surface area contributed by atoms with E-state index in [4.69, 9.17) is 4.74 Å². The van der Waals surface area contributed by atoms with Crippen LogP contribution in [0, 0.1) is 0 Å². The Hall–Kier alpha value is -2.17. The van der Waals surface area contributed by atoms with Gasteiger partial charge in [-0.3, -0.25) is 4.79 Å². The van der Waals surface area contributed by atoms with Gasteiger partial charge in [-0.25, -0.2) is 0 Å². The van der Waals surface area contributed by atoms with Crippen molar-refractivity contribution in [2.75, 3.05) is 30.4 Å². The Balaban J connectivity index is 2.05. The van der Waals surface area contributed by atoms with Crippen LogP contribution in [0.25, 0.3) is 10.9 Å². The van der Waals surface area contributed by atoms with E-state index < -0.39 is 7.27 Å². The topological polar surface area (TPSA) is 55.3 Å². The molecule has 0 radical (unpaired) electrons. The third-order valence-electron chi connectivity index (χ3n) is 6.05. The number of aryl methyl sites for hydroxylation is 2. The molecule has 0 fully saturated rings. The van der Waals surface area contributed by atoms with Crippen LogP contribution in [0.3, 0.4) is 0 Å². The highest BCUT2D eigenvalue weighted by Crippen LogP contribution is 2.48. The number of amides is 1. The number of methoxy groups -OCH3 is 1. The highest BCUT2D eigenvalue weighted by Gasteiger charge is 2.20. The molecule has 3 aromatic rings. The lowest BCUT2D eigenvalue weighted by Crippen LogP contribution is -2.17. The van der Waals surface area contributed by atoms with Gasteiger partial charge in [-0.05, 0) is 61.0 Å². The number of carbonyl (C=O) groups excluding carboxylic acids is 1. The van der Waals surface area contributed by atoms with Crippen LogP contribution in [-0.2, 0) is 13.5 Å². The van der Waals surface area contributed by atoms with Crippen molar-refractivity contribution in [3.63, 3.8) is 0 Å². The zero-order valence-electron chi connectivity index (χ0n) is 20.1. The summed E-state index contributed by atoms with van der Waals surface area (Å²) in [6.45, 7) is 8.69. The fourth-order valence-corrected chi connectivity index (χ4v) is 5.14. The van der Waals surface area contributed by atoms with Gasteiger partial charge in [0.2, 0.25) is 0 Å². The largest absolute Gasteiger partial charge is 0.492 e. The van der Waals surface area contributed by atoms with E-state index in [1.807, 2.05) is 29.8 Å². The van der Waals surface area contributed by atoms with Crippen LogP contribution in [0.1, 0.15) is 54.7 Å². The lowest BCUT2D eigenvalue weighted by Gasteiger charge is -2.21. The van der Waals surface area contributed by atoms with Crippen LogP contribution >= 0.6 is 18.7 Å². The predicted octanol–water partition coefficient (Wildman–Crippen LogP) is 7.23. The summed E-state index contributed by atoms with van der Waals surface area (Å²) in [7, 11) is 3.17. The van der Waals surface area contributed by atoms with Gasteiger partial charge in [-0.2, -0.15) is 0 Å². The number of benzene rings is 2. The quantitative estimate of drug-likeness (QED) is 0.323. The number of ether oxygens (including phenoxy) is 1. The van der Waals surface area contributed by atoms with Crippen molar-refractivity contribution in [3.05, 3.63) is 53.2 Å². The van der Waals surface area contributed by atoms with Gasteiger partial charge < -0.3 is 19.7 Å². The van der Waals surface area contributed by atoms with Crippen molar-refractivity contribution in [2.24, 2.45) is 7.05 Å². The van der Waals surface area contributed by atoms with Crippen LogP contribution < -0.4 is 15.1 Å². The number of anilines is 2. The molecule has 172 valence electrons. The van der Waals surface area contributed by atoms with E-state index in [9.17, 15) is 4.79 Å². The Kier molecular flexibility index (Phi) is 8.13. The summed E-state index contributed by atoms with van der Waals surface area (Å²) >= 11 is 1.79. The lowest BCUT2D eigenvalue weighted by atomic mass is 9.97. The maximum atomic E-state index is 13.4. The van der Waals surface area contributed by atoms with E-state index in [1.54, 1.807) is 18.5 Å². The molecule has 7 heteroatoms. The van der Waals surface area contributed by atoms with Crippen molar-refractivity contribution in [2.45, 2.75) is 39.5 Å². The average molecular weight is 472 g/mol. The second kappa shape index (κ2) is 10.6. The molecule has 3 rings (SSSR count). The van der Waals surface area contributed by atoms with Crippen molar-refractivity contribution in [3.8, 4) is 5.75 Å². The molecule has 0 bridgehead atoms. The number of fused-ring (bicyclic) bond motifs is 1. The average Bonchev–Trinajstić information content (AvgIpc) is 3.15. The third kappa shape index (κ3) is 4.92. The summed E-state index contributed by atoms with van der Waals surface area (Å²) in [5, 5.41) is 7.80. The van der Waals surface area contributed by atoms with Gasteiger partial charge in [0.15, 0.2) is 5.75 Å². The van der Waals surface area contributed by atoms with E-state index in [2.05, 4.69) is 62.3 Å². The lowest BCUT2D eigenvalue weighted by molar-refractivity contribution is 0.101. The molecule has 1 amide bonds. The van der Waals surface area contributed by atoms with Crippen molar-refractivity contribution in [1.29, 1.82) is 0 Å².